The predicted octanol–water partition coefficient (Wildman–Crippen LogP) is 3.27. The van der Waals surface area contributed by atoms with E-state index in [1.54, 1.807) is 26.2 Å². The number of rotatable bonds is 7. The van der Waals surface area contributed by atoms with Gasteiger partial charge in [0, 0.05) is 12.1 Å². The molecule has 1 amide bonds. The lowest BCUT2D eigenvalue weighted by atomic mass is 10.2. The summed E-state index contributed by atoms with van der Waals surface area (Å²) < 4.78 is 21.5. The topological polar surface area (TPSA) is 95.7 Å². The van der Waals surface area contributed by atoms with Crippen LogP contribution in [0.2, 0.25) is 0 Å². The number of amides is 1. The van der Waals surface area contributed by atoms with Gasteiger partial charge in [0.25, 0.3) is 5.22 Å². The summed E-state index contributed by atoms with van der Waals surface area (Å²) in [4.78, 5) is 12.4. The van der Waals surface area contributed by atoms with Crippen LogP contribution in [0.25, 0.3) is 11.5 Å². The lowest BCUT2D eigenvalue weighted by molar-refractivity contribution is -0.120. The Bertz CT molecular complexity index is 1010. The molecule has 0 fully saturated rings. The van der Waals surface area contributed by atoms with Gasteiger partial charge in [-0.3, -0.25) is 4.79 Å². The van der Waals surface area contributed by atoms with E-state index in [9.17, 15) is 4.79 Å². The lowest BCUT2D eigenvalue weighted by Crippen LogP contribution is -2.30. The van der Waals surface area contributed by atoms with Gasteiger partial charge in [0.05, 0.1) is 12.4 Å². The molecule has 29 heavy (non-hydrogen) atoms. The molecule has 3 aromatic rings. The highest BCUT2D eigenvalue weighted by Gasteiger charge is 2.20. The molecule has 4 rings (SSSR count). The van der Waals surface area contributed by atoms with Crippen LogP contribution in [0, 0.1) is 0 Å². The van der Waals surface area contributed by atoms with E-state index in [0.29, 0.717) is 29.2 Å². The van der Waals surface area contributed by atoms with Crippen molar-refractivity contribution in [3.05, 3.63) is 48.0 Å². The summed E-state index contributed by atoms with van der Waals surface area (Å²) in [6, 6.07) is 12.9. The Hall–Kier alpha value is -3.20. The second-order valence-electron chi connectivity index (χ2n) is 6.27. The molecule has 1 aromatic heterocycles. The standard InChI is InChI=1S/C20H19N3O5S/c1-12(18(24)21-10-13-3-6-15(25-2)7-4-13)29-20-23-22-19(28-20)14-5-8-16-17(9-14)27-11-26-16/h3-9,12H,10-11H2,1-2H3,(H,21,24). The summed E-state index contributed by atoms with van der Waals surface area (Å²) in [6.45, 7) is 2.42. The van der Waals surface area contributed by atoms with E-state index in [-0.39, 0.29) is 12.7 Å². The zero-order chi connectivity index (χ0) is 20.2. The molecule has 9 heteroatoms. The molecular formula is C20H19N3O5S. The number of carbonyl (C=O) groups excluding carboxylic acids is 1. The number of thioether (sulfide) groups is 1. The Balaban J connectivity index is 1.33. The Labute approximate surface area is 171 Å². The number of benzene rings is 2. The molecular weight excluding hydrogens is 394 g/mol. The van der Waals surface area contributed by atoms with Gasteiger partial charge >= 0.3 is 0 Å². The van der Waals surface area contributed by atoms with Crippen LogP contribution >= 0.6 is 11.8 Å². The van der Waals surface area contributed by atoms with Crippen LogP contribution in [0.4, 0.5) is 0 Å². The number of nitrogens with zero attached hydrogens (tertiary/aromatic N) is 2. The fraction of sp³-hybridized carbons (Fsp3) is 0.250. The average Bonchev–Trinajstić information content (AvgIpc) is 3.41. The van der Waals surface area contributed by atoms with Crippen LogP contribution in [0.1, 0.15) is 12.5 Å². The quantitative estimate of drug-likeness (QED) is 0.590. The molecule has 0 radical (unpaired) electrons. The number of aromatic nitrogens is 2. The van der Waals surface area contributed by atoms with Crippen molar-refractivity contribution in [1.82, 2.24) is 15.5 Å². The van der Waals surface area contributed by atoms with Crippen molar-refractivity contribution in [2.24, 2.45) is 0 Å². The fourth-order valence-electron chi connectivity index (χ4n) is 2.68. The number of methoxy groups -OCH3 is 1. The normalized spacial score (nSPS) is 13.2. The number of hydrogen-bond acceptors (Lipinski definition) is 8. The van der Waals surface area contributed by atoms with Crippen molar-refractivity contribution in [2.75, 3.05) is 13.9 Å². The highest BCUT2D eigenvalue weighted by atomic mass is 32.2. The minimum Gasteiger partial charge on any atom is -0.497 e. The molecule has 150 valence electrons. The molecule has 1 atom stereocenters. The number of carbonyl (C=O) groups is 1. The second kappa shape index (κ2) is 8.44. The molecule has 0 bridgehead atoms. The third-order valence-electron chi connectivity index (χ3n) is 4.30. The second-order valence-corrected chi connectivity index (χ2v) is 7.56. The van der Waals surface area contributed by atoms with Crippen LogP contribution in [0.15, 0.2) is 52.1 Å². The smallest absolute Gasteiger partial charge is 0.277 e. The van der Waals surface area contributed by atoms with Gasteiger partial charge in [0.2, 0.25) is 18.6 Å². The minimum absolute atomic E-state index is 0.117. The van der Waals surface area contributed by atoms with Crippen LogP contribution in [0.3, 0.4) is 0 Å². The van der Waals surface area contributed by atoms with Gasteiger partial charge in [0.1, 0.15) is 5.75 Å². The summed E-state index contributed by atoms with van der Waals surface area (Å²) >= 11 is 1.21. The zero-order valence-electron chi connectivity index (χ0n) is 15.9. The first-order valence-corrected chi connectivity index (χ1v) is 9.81. The highest BCUT2D eigenvalue weighted by molar-refractivity contribution is 8.00. The van der Waals surface area contributed by atoms with Crippen LogP contribution in [-0.2, 0) is 11.3 Å². The SMILES string of the molecule is COc1ccc(CNC(=O)C(C)Sc2nnc(-c3ccc4c(c3)OCO4)o2)cc1. The van der Waals surface area contributed by atoms with Gasteiger partial charge in [-0.1, -0.05) is 23.9 Å². The third-order valence-corrected chi connectivity index (χ3v) is 5.23. The molecule has 0 saturated heterocycles. The molecule has 2 aromatic carbocycles. The minimum atomic E-state index is -0.390. The van der Waals surface area contributed by atoms with E-state index in [2.05, 4.69) is 15.5 Å². The van der Waals surface area contributed by atoms with Gasteiger partial charge in [-0.25, -0.2) is 0 Å². The maximum Gasteiger partial charge on any atom is 0.277 e. The van der Waals surface area contributed by atoms with Gasteiger partial charge in [-0.15, -0.1) is 10.2 Å². The monoisotopic (exact) mass is 413 g/mol. The third kappa shape index (κ3) is 4.45. The first-order valence-electron chi connectivity index (χ1n) is 8.93. The fourth-order valence-corrected chi connectivity index (χ4v) is 3.39. The van der Waals surface area contributed by atoms with Gasteiger partial charge in [0.15, 0.2) is 11.5 Å². The Morgan fingerprint density at radius 2 is 1.97 bits per heavy atom. The summed E-state index contributed by atoms with van der Waals surface area (Å²) in [6.07, 6.45) is 0. The molecule has 1 aliphatic rings. The van der Waals surface area contributed by atoms with Gasteiger partial charge < -0.3 is 23.9 Å². The molecule has 1 unspecified atom stereocenters. The number of ether oxygens (including phenoxy) is 3. The number of hydrogen-bond donors (Lipinski definition) is 1. The molecule has 2 heterocycles. The highest BCUT2D eigenvalue weighted by Crippen LogP contribution is 2.36. The van der Waals surface area contributed by atoms with Crippen LogP contribution in [-0.4, -0.2) is 35.3 Å². The van der Waals surface area contributed by atoms with E-state index < -0.39 is 5.25 Å². The van der Waals surface area contributed by atoms with Crippen molar-refractivity contribution in [1.29, 1.82) is 0 Å². The van der Waals surface area contributed by atoms with Gasteiger partial charge in [-0.05, 0) is 42.8 Å². The molecule has 0 aliphatic carbocycles. The first-order chi connectivity index (χ1) is 14.1. The summed E-state index contributed by atoms with van der Waals surface area (Å²) in [5, 5.41) is 10.9. The van der Waals surface area contributed by atoms with E-state index in [1.165, 1.54) is 11.8 Å². The van der Waals surface area contributed by atoms with Crippen molar-refractivity contribution >= 4 is 17.7 Å². The molecule has 0 spiro atoms. The van der Waals surface area contributed by atoms with Gasteiger partial charge in [-0.2, -0.15) is 0 Å². The first kappa shape index (κ1) is 19.1. The molecule has 0 saturated carbocycles. The summed E-state index contributed by atoms with van der Waals surface area (Å²) in [7, 11) is 1.62. The molecule has 1 N–H and O–H groups in total. The van der Waals surface area contributed by atoms with E-state index in [4.69, 9.17) is 18.6 Å². The summed E-state index contributed by atoms with van der Waals surface area (Å²) in [5.74, 6) is 2.34. The largest absolute Gasteiger partial charge is 0.497 e. The van der Waals surface area contributed by atoms with E-state index >= 15 is 0 Å². The van der Waals surface area contributed by atoms with Crippen molar-refractivity contribution in [2.45, 2.75) is 23.9 Å². The van der Waals surface area contributed by atoms with E-state index in [1.807, 2.05) is 30.3 Å². The maximum absolute atomic E-state index is 12.4. The Morgan fingerprint density at radius 1 is 1.17 bits per heavy atom. The molecule has 8 nitrogen and oxygen atoms in total. The van der Waals surface area contributed by atoms with Crippen LogP contribution < -0.4 is 19.5 Å². The maximum atomic E-state index is 12.4. The number of fused-ring (bicyclic) bond motifs is 1. The Morgan fingerprint density at radius 3 is 2.76 bits per heavy atom. The van der Waals surface area contributed by atoms with Crippen molar-refractivity contribution in [3.63, 3.8) is 0 Å². The van der Waals surface area contributed by atoms with Crippen molar-refractivity contribution in [3.8, 4) is 28.7 Å². The summed E-state index contributed by atoms with van der Waals surface area (Å²) in [5.41, 5.74) is 1.71. The Kier molecular flexibility index (Phi) is 5.57. The number of nitrogens with one attached hydrogen (secondary N) is 1. The van der Waals surface area contributed by atoms with E-state index in [0.717, 1.165) is 16.9 Å². The molecule has 1 aliphatic heterocycles. The predicted molar refractivity (Wildman–Crippen MR) is 106 cm³/mol. The lowest BCUT2D eigenvalue weighted by Gasteiger charge is -2.10. The zero-order valence-corrected chi connectivity index (χ0v) is 16.7. The average molecular weight is 413 g/mol. The van der Waals surface area contributed by atoms with Crippen molar-refractivity contribution < 1.29 is 23.4 Å². The van der Waals surface area contributed by atoms with Crippen LogP contribution in [0.5, 0.6) is 17.2 Å².